The lowest BCUT2D eigenvalue weighted by Crippen LogP contribution is -2.27. The summed E-state index contributed by atoms with van der Waals surface area (Å²) in [4.78, 5) is 21.1. The smallest absolute Gasteiger partial charge is 0.292 e. The summed E-state index contributed by atoms with van der Waals surface area (Å²) in [6, 6.07) is 4.19. The molecule has 1 aromatic carbocycles. The Kier molecular flexibility index (Phi) is 6.07. The second-order valence-electron chi connectivity index (χ2n) is 4.57. The molecule has 1 rings (SSSR count). The first-order chi connectivity index (χ1) is 9.86. The van der Waals surface area contributed by atoms with Crippen LogP contribution in [-0.2, 0) is 4.79 Å². The number of hydrogen-bond donors (Lipinski definition) is 4. The van der Waals surface area contributed by atoms with Crippen LogP contribution in [0.15, 0.2) is 18.2 Å². The monoisotopic (exact) mass is 297 g/mol. The third-order valence-corrected chi connectivity index (χ3v) is 3.01. The van der Waals surface area contributed by atoms with Crippen molar-refractivity contribution >= 4 is 17.3 Å². The first kappa shape index (κ1) is 16.9. The minimum absolute atomic E-state index is 0.141. The van der Waals surface area contributed by atoms with Gasteiger partial charge >= 0.3 is 0 Å². The Morgan fingerprint density at radius 1 is 1.43 bits per heavy atom. The predicted octanol–water partition coefficient (Wildman–Crippen LogP) is 0.557. The quantitative estimate of drug-likeness (QED) is 0.430. The van der Waals surface area contributed by atoms with Gasteiger partial charge in [-0.25, -0.2) is 0 Å². The molecule has 0 spiro atoms. The zero-order valence-corrected chi connectivity index (χ0v) is 11.9. The molecule has 2 atom stereocenters. The van der Waals surface area contributed by atoms with Gasteiger partial charge in [-0.15, -0.1) is 0 Å². The number of hydrogen-bond acceptors (Lipinski definition) is 6. The summed E-state index contributed by atoms with van der Waals surface area (Å²) in [5.74, 6) is -0.231. The van der Waals surface area contributed by atoms with Crippen LogP contribution in [0.5, 0.6) is 0 Å². The average molecular weight is 297 g/mol. The molecule has 1 amide bonds. The van der Waals surface area contributed by atoms with Crippen LogP contribution in [0.2, 0.25) is 0 Å². The number of amides is 1. The van der Waals surface area contributed by atoms with E-state index in [1.54, 1.807) is 7.05 Å². The SMILES string of the molecule is CNc1ccc(C(O)C(O)CCNC(C)=O)cc1[N+](=O)[O-]. The number of carbonyl (C=O) groups is 1. The molecule has 1 aromatic rings. The van der Waals surface area contributed by atoms with Gasteiger partial charge in [0.25, 0.3) is 5.69 Å². The third-order valence-electron chi connectivity index (χ3n) is 3.01. The minimum Gasteiger partial charge on any atom is -0.390 e. The van der Waals surface area contributed by atoms with Crippen LogP contribution in [0.4, 0.5) is 11.4 Å². The van der Waals surface area contributed by atoms with Crippen molar-refractivity contribution in [2.75, 3.05) is 18.9 Å². The van der Waals surface area contributed by atoms with E-state index >= 15 is 0 Å². The fourth-order valence-corrected chi connectivity index (χ4v) is 1.87. The summed E-state index contributed by atoms with van der Waals surface area (Å²) in [5.41, 5.74) is 0.392. The average Bonchev–Trinajstić information content (AvgIpc) is 2.45. The Bertz CT molecular complexity index is 521. The minimum atomic E-state index is -1.26. The van der Waals surface area contributed by atoms with Gasteiger partial charge in [-0.05, 0) is 18.1 Å². The molecule has 0 radical (unpaired) electrons. The second-order valence-corrected chi connectivity index (χ2v) is 4.57. The zero-order valence-electron chi connectivity index (χ0n) is 11.9. The molecule has 0 aliphatic rings. The normalized spacial score (nSPS) is 13.3. The molecule has 0 aliphatic carbocycles. The van der Waals surface area contributed by atoms with Crippen LogP contribution >= 0.6 is 0 Å². The molecule has 8 nitrogen and oxygen atoms in total. The third kappa shape index (κ3) is 4.69. The first-order valence-electron chi connectivity index (χ1n) is 6.43. The largest absolute Gasteiger partial charge is 0.390 e. The molecule has 0 heterocycles. The molecule has 116 valence electrons. The van der Waals surface area contributed by atoms with Gasteiger partial charge in [0, 0.05) is 26.6 Å². The number of aliphatic hydroxyl groups is 2. The van der Waals surface area contributed by atoms with E-state index < -0.39 is 17.1 Å². The Balaban J connectivity index is 2.81. The number of anilines is 1. The van der Waals surface area contributed by atoms with Crippen LogP contribution in [0.1, 0.15) is 25.0 Å². The van der Waals surface area contributed by atoms with Crippen molar-refractivity contribution in [2.24, 2.45) is 0 Å². The van der Waals surface area contributed by atoms with Gasteiger partial charge < -0.3 is 20.8 Å². The highest BCUT2D eigenvalue weighted by Gasteiger charge is 2.22. The van der Waals surface area contributed by atoms with E-state index in [-0.39, 0.29) is 30.1 Å². The maximum absolute atomic E-state index is 10.9. The lowest BCUT2D eigenvalue weighted by Gasteiger charge is -2.18. The van der Waals surface area contributed by atoms with E-state index in [1.807, 2.05) is 0 Å². The number of aliphatic hydroxyl groups excluding tert-OH is 2. The van der Waals surface area contributed by atoms with E-state index in [9.17, 15) is 25.1 Å². The van der Waals surface area contributed by atoms with E-state index in [2.05, 4.69) is 10.6 Å². The maximum Gasteiger partial charge on any atom is 0.292 e. The first-order valence-corrected chi connectivity index (χ1v) is 6.43. The van der Waals surface area contributed by atoms with Gasteiger partial charge in [0.2, 0.25) is 5.91 Å². The summed E-state index contributed by atoms with van der Waals surface area (Å²) in [7, 11) is 1.56. The molecule has 0 fully saturated rings. The van der Waals surface area contributed by atoms with Gasteiger partial charge in [0.15, 0.2) is 0 Å². The molecule has 0 aliphatic heterocycles. The van der Waals surface area contributed by atoms with Crippen LogP contribution in [-0.4, -0.2) is 40.7 Å². The van der Waals surface area contributed by atoms with Crippen LogP contribution < -0.4 is 10.6 Å². The number of nitro groups is 1. The molecule has 2 unspecified atom stereocenters. The van der Waals surface area contributed by atoms with Gasteiger partial charge in [0.1, 0.15) is 11.8 Å². The molecule has 0 saturated heterocycles. The molecular formula is C13H19N3O5. The van der Waals surface area contributed by atoms with Crippen molar-refractivity contribution < 1.29 is 19.9 Å². The fraction of sp³-hybridized carbons (Fsp3) is 0.462. The van der Waals surface area contributed by atoms with Gasteiger partial charge in [-0.3, -0.25) is 14.9 Å². The van der Waals surface area contributed by atoms with E-state index in [0.29, 0.717) is 5.69 Å². The molecule has 8 heteroatoms. The zero-order chi connectivity index (χ0) is 16.0. The number of nitrogens with one attached hydrogen (secondary N) is 2. The van der Waals surface area contributed by atoms with Crippen molar-refractivity contribution in [2.45, 2.75) is 25.6 Å². The number of benzene rings is 1. The Morgan fingerprint density at radius 2 is 2.10 bits per heavy atom. The molecular weight excluding hydrogens is 278 g/mol. The predicted molar refractivity (Wildman–Crippen MR) is 76.9 cm³/mol. The van der Waals surface area contributed by atoms with Gasteiger partial charge in [-0.1, -0.05) is 6.07 Å². The van der Waals surface area contributed by atoms with Crippen LogP contribution in [0, 0.1) is 10.1 Å². The van der Waals surface area contributed by atoms with Gasteiger partial charge in [0.05, 0.1) is 11.0 Å². The van der Waals surface area contributed by atoms with Crippen LogP contribution in [0.25, 0.3) is 0 Å². The highest BCUT2D eigenvalue weighted by molar-refractivity contribution is 5.72. The summed E-state index contributed by atoms with van der Waals surface area (Å²) < 4.78 is 0. The topological polar surface area (TPSA) is 125 Å². The molecule has 0 saturated carbocycles. The van der Waals surface area contributed by atoms with Crippen molar-refractivity contribution in [3.63, 3.8) is 0 Å². The van der Waals surface area contributed by atoms with E-state index in [4.69, 9.17) is 0 Å². The summed E-state index contributed by atoms with van der Waals surface area (Å²) in [5, 5.41) is 36.0. The lowest BCUT2D eigenvalue weighted by atomic mass is 10.0. The summed E-state index contributed by atoms with van der Waals surface area (Å²) in [6.45, 7) is 1.56. The maximum atomic E-state index is 10.9. The number of nitro benzene ring substituents is 1. The van der Waals surface area contributed by atoms with E-state index in [1.165, 1.54) is 25.1 Å². The van der Waals surface area contributed by atoms with E-state index in [0.717, 1.165) is 0 Å². The Labute approximate surface area is 121 Å². The van der Waals surface area contributed by atoms with Crippen molar-refractivity contribution in [1.82, 2.24) is 5.32 Å². The van der Waals surface area contributed by atoms with Crippen LogP contribution in [0.3, 0.4) is 0 Å². The fourth-order valence-electron chi connectivity index (χ4n) is 1.87. The lowest BCUT2D eigenvalue weighted by molar-refractivity contribution is -0.384. The molecule has 0 bridgehead atoms. The van der Waals surface area contributed by atoms with Crippen molar-refractivity contribution in [3.05, 3.63) is 33.9 Å². The summed E-state index contributed by atoms with van der Waals surface area (Å²) in [6.07, 6.45) is -2.25. The standard InChI is InChI=1S/C13H19N3O5/c1-8(17)15-6-5-12(18)13(19)9-3-4-10(14-2)11(7-9)16(20)21/h3-4,7,12-14,18-19H,5-6H2,1-2H3,(H,15,17). The molecule has 4 N–H and O–H groups in total. The highest BCUT2D eigenvalue weighted by Crippen LogP contribution is 2.29. The van der Waals surface area contributed by atoms with Crippen molar-refractivity contribution in [3.8, 4) is 0 Å². The van der Waals surface area contributed by atoms with Gasteiger partial charge in [-0.2, -0.15) is 0 Å². The second kappa shape index (κ2) is 7.55. The van der Waals surface area contributed by atoms with Crippen molar-refractivity contribution in [1.29, 1.82) is 0 Å². The Morgan fingerprint density at radius 3 is 2.62 bits per heavy atom. The number of rotatable bonds is 7. The molecule has 0 aromatic heterocycles. The summed E-state index contributed by atoms with van der Waals surface area (Å²) >= 11 is 0. The number of carbonyl (C=O) groups excluding carboxylic acids is 1. The highest BCUT2D eigenvalue weighted by atomic mass is 16.6. The molecule has 21 heavy (non-hydrogen) atoms. The number of nitrogens with zero attached hydrogens (tertiary/aromatic N) is 1. The Hall–Kier alpha value is -2.19.